The number of carbonyl (C=O) groups excluding carboxylic acids is 1. The number of nitrogens with one attached hydrogen (secondary N) is 1. The summed E-state index contributed by atoms with van der Waals surface area (Å²) in [6, 6.07) is 13.5. The van der Waals surface area contributed by atoms with Crippen molar-refractivity contribution in [1.29, 1.82) is 0 Å². The van der Waals surface area contributed by atoms with Crippen LogP contribution in [-0.2, 0) is 9.84 Å². The molecule has 1 amide bonds. The molecule has 170 valence electrons. The van der Waals surface area contributed by atoms with Crippen LogP contribution in [0, 0.1) is 6.92 Å². The van der Waals surface area contributed by atoms with E-state index >= 15 is 0 Å². The van der Waals surface area contributed by atoms with E-state index in [0.717, 1.165) is 11.8 Å². The molecule has 5 aromatic rings. The van der Waals surface area contributed by atoms with E-state index < -0.39 is 15.7 Å². The number of anilines is 1. The zero-order valence-corrected chi connectivity index (χ0v) is 19.1. The molecule has 0 aliphatic heterocycles. The average Bonchev–Trinajstić information content (AvgIpc) is 3.44. The number of hydrogen-bond acceptors (Lipinski definition) is 7. The Morgan fingerprint density at radius 1 is 1.03 bits per heavy atom. The molecule has 5 rings (SSSR count). The van der Waals surface area contributed by atoms with Crippen molar-refractivity contribution >= 4 is 27.2 Å². The van der Waals surface area contributed by atoms with Crippen LogP contribution < -0.4 is 5.32 Å². The van der Waals surface area contributed by atoms with Crippen LogP contribution in [0.15, 0.2) is 78.2 Å². The number of amides is 1. The molecule has 0 saturated carbocycles. The van der Waals surface area contributed by atoms with Gasteiger partial charge in [-0.15, -0.1) is 0 Å². The summed E-state index contributed by atoms with van der Waals surface area (Å²) >= 11 is 0. The van der Waals surface area contributed by atoms with Gasteiger partial charge in [-0.3, -0.25) is 4.79 Å². The molecule has 1 N–H and O–H groups in total. The highest BCUT2D eigenvalue weighted by atomic mass is 32.2. The Hall–Kier alpha value is -4.38. The first-order valence-corrected chi connectivity index (χ1v) is 12.1. The fraction of sp³-hybridized carbons (Fsp3) is 0.0870. The second-order valence-electron chi connectivity index (χ2n) is 7.72. The van der Waals surface area contributed by atoms with Gasteiger partial charge in [0, 0.05) is 36.5 Å². The number of aromatic nitrogens is 6. The van der Waals surface area contributed by atoms with E-state index in [9.17, 15) is 13.2 Å². The summed E-state index contributed by atoms with van der Waals surface area (Å²) in [4.78, 5) is 22.0. The lowest BCUT2D eigenvalue weighted by Gasteiger charge is -2.07. The molecule has 0 aliphatic carbocycles. The van der Waals surface area contributed by atoms with E-state index in [1.807, 2.05) is 13.0 Å². The first-order valence-electron chi connectivity index (χ1n) is 10.2. The van der Waals surface area contributed by atoms with Crippen LogP contribution >= 0.6 is 0 Å². The molecule has 1 aromatic carbocycles. The van der Waals surface area contributed by atoms with Crippen molar-refractivity contribution in [2.45, 2.75) is 11.8 Å². The smallest absolute Gasteiger partial charge is 0.262 e. The van der Waals surface area contributed by atoms with E-state index in [-0.39, 0.29) is 4.90 Å². The molecular formula is C23H19N7O3S. The van der Waals surface area contributed by atoms with Gasteiger partial charge in [0.25, 0.3) is 5.91 Å². The van der Waals surface area contributed by atoms with E-state index in [1.54, 1.807) is 48.9 Å². The molecule has 0 atom stereocenters. The predicted molar refractivity (Wildman–Crippen MR) is 126 cm³/mol. The maximum atomic E-state index is 13.1. The first-order chi connectivity index (χ1) is 16.3. The van der Waals surface area contributed by atoms with Crippen molar-refractivity contribution in [3.63, 3.8) is 0 Å². The second-order valence-corrected chi connectivity index (χ2v) is 9.73. The molecule has 34 heavy (non-hydrogen) atoms. The van der Waals surface area contributed by atoms with Crippen LogP contribution in [-0.4, -0.2) is 49.9 Å². The number of pyridine rings is 1. The molecule has 0 bridgehead atoms. The van der Waals surface area contributed by atoms with Crippen molar-refractivity contribution in [3.05, 3.63) is 84.4 Å². The van der Waals surface area contributed by atoms with Crippen LogP contribution in [0.4, 0.5) is 5.82 Å². The van der Waals surface area contributed by atoms with E-state index in [4.69, 9.17) is 0 Å². The van der Waals surface area contributed by atoms with Crippen LogP contribution in [0.1, 0.15) is 15.9 Å². The molecule has 4 aromatic heterocycles. The lowest BCUT2D eigenvalue weighted by atomic mass is 10.1. The molecule has 0 radical (unpaired) electrons. The maximum absolute atomic E-state index is 13.1. The SMILES string of the molecule is Cc1ccc(-n2nc(-c3ccc(S(C)(=O)=O)cc3)cc2NC(=O)c2cnn3cccnc23)nc1. The first kappa shape index (κ1) is 21.5. The number of sulfone groups is 1. The molecule has 10 nitrogen and oxygen atoms in total. The Morgan fingerprint density at radius 3 is 2.53 bits per heavy atom. The number of fused-ring (bicyclic) bond motifs is 1. The number of carbonyl (C=O) groups is 1. The van der Waals surface area contributed by atoms with Gasteiger partial charge in [-0.1, -0.05) is 18.2 Å². The summed E-state index contributed by atoms with van der Waals surface area (Å²) in [7, 11) is -3.32. The fourth-order valence-electron chi connectivity index (χ4n) is 3.42. The van der Waals surface area contributed by atoms with Crippen molar-refractivity contribution in [1.82, 2.24) is 29.4 Å². The lowest BCUT2D eigenvalue weighted by molar-refractivity contribution is 0.102. The highest BCUT2D eigenvalue weighted by molar-refractivity contribution is 7.90. The standard InChI is InChI=1S/C23H19N7O3S/c1-15-4-9-20(25-13-15)30-21(27-23(31)18-14-26-29-11-3-10-24-22(18)29)12-19(28-30)16-5-7-17(8-6-16)34(2,32)33/h3-14H,1-2H3,(H,27,31). The molecule has 0 spiro atoms. The quantitative estimate of drug-likeness (QED) is 0.416. The van der Waals surface area contributed by atoms with Crippen molar-refractivity contribution in [2.24, 2.45) is 0 Å². The molecule has 0 unspecified atom stereocenters. The molecule has 0 saturated heterocycles. The van der Waals surface area contributed by atoms with Gasteiger partial charge in [0.2, 0.25) is 0 Å². The highest BCUT2D eigenvalue weighted by Crippen LogP contribution is 2.26. The zero-order chi connectivity index (χ0) is 23.9. The van der Waals surface area contributed by atoms with Crippen LogP contribution in [0.2, 0.25) is 0 Å². The zero-order valence-electron chi connectivity index (χ0n) is 18.2. The number of hydrogen-bond donors (Lipinski definition) is 1. The fourth-order valence-corrected chi connectivity index (χ4v) is 4.05. The van der Waals surface area contributed by atoms with Gasteiger partial charge in [0.15, 0.2) is 21.3 Å². The molecule has 11 heteroatoms. The van der Waals surface area contributed by atoms with Crippen molar-refractivity contribution in [3.8, 4) is 17.1 Å². The number of benzene rings is 1. The third-order valence-corrected chi connectivity index (χ3v) is 6.29. The maximum Gasteiger partial charge on any atom is 0.262 e. The predicted octanol–water partition coefficient (Wildman–Crippen LogP) is 2.94. The number of rotatable bonds is 5. The summed E-state index contributed by atoms with van der Waals surface area (Å²) in [6.07, 6.45) is 7.61. The van der Waals surface area contributed by atoms with E-state index in [1.165, 1.54) is 27.5 Å². The monoisotopic (exact) mass is 473 g/mol. The van der Waals surface area contributed by atoms with Crippen molar-refractivity contribution in [2.75, 3.05) is 11.6 Å². The summed E-state index contributed by atoms with van der Waals surface area (Å²) in [5, 5.41) is 11.7. The minimum Gasteiger partial charge on any atom is -0.306 e. The van der Waals surface area contributed by atoms with E-state index in [2.05, 4.69) is 25.5 Å². The largest absolute Gasteiger partial charge is 0.306 e. The Labute approximate surface area is 194 Å². The van der Waals surface area contributed by atoms with Crippen molar-refractivity contribution < 1.29 is 13.2 Å². The van der Waals surface area contributed by atoms with Gasteiger partial charge in [-0.25, -0.2) is 22.9 Å². The minimum atomic E-state index is -3.32. The molecular weight excluding hydrogens is 454 g/mol. The average molecular weight is 474 g/mol. The Morgan fingerprint density at radius 2 is 1.82 bits per heavy atom. The van der Waals surface area contributed by atoms with E-state index in [0.29, 0.717) is 34.1 Å². The van der Waals surface area contributed by atoms with Crippen LogP contribution in [0.5, 0.6) is 0 Å². The number of aryl methyl sites for hydroxylation is 1. The minimum absolute atomic E-state index is 0.213. The molecule has 0 aliphatic rings. The van der Waals surface area contributed by atoms with Gasteiger partial charge < -0.3 is 5.32 Å². The van der Waals surface area contributed by atoms with Gasteiger partial charge in [-0.2, -0.15) is 14.9 Å². The van der Waals surface area contributed by atoms with Crippen LogP contribution in [0.3, 0.4) is 0 Å². The van der Waals surface area contributed by atoms with Crippen LogP contribution in [0.25, 0.3) is 22.7 Å². The summed E-state index contributed by atoms with van der Waals surface area (Å²) < 4.78 is 26.6. The van der Waals surface area contributed by atoms with Gasteiger partial charge >= 0.3 is 0 Å². The van der Waals surface area contributed by atoms with Gasteiger partial charge in [-0.05, 0) is 36.8 Å². The topological polar surface area (TPSA) is 124 Å². The Balaban J connectivity index is 1.55. The van der Waals surface area contributed by atoms with Gasteiger partial charge in [0.1, 0.15) is 11.4 Å². The highest BCUT2D eigenvalue weighted by Gasteiger charge is 2.19. The summed E-state index contributed by atoms with van der Waals surface area (Å²) in [5.74, 6) is 0.498. The summed E-state index contributed by atoms with van der Waals surface area (Å²) in [6.45, 7) is 1.93. The molecule has 4 heterocycles. The summed E-state index contributed by atoms with van der Waals surface area (Å²) in [5.41, 5.74) is 2.94. The lowest BCUT2D eigenvalue weighted by Crippen LogP contribution is -2.15. The number of nitrogens with zero attached hydrogens (tertiary/aromatic N) is 6. The second kappa shape index (κ2) is 8.19. The molecule has 0 fully saturated rings. The third-order valence-electron chi connectivity index (χ3n) is 5.17. The van der Waals surface area contributed by atoms with Gasteiger partial charge in [0.05, 0.1) is 16.8 Å². The Bertz CT molecular complexity index is 1620. The Kier molecular flexibility index (Phi) is 5.17. The normalized spacial score (nSPS) is 11.6. The third kappa shape index (κ3) is 4.04.